The Balaban J connectivity index is 2.20. The Labute approximate surface area is 125 Å². The third-order valence-electron chi connectivity index (χ3n) is 5.21. The lowest BCUT2D eigenvalue weighted by Crippen LogP contribution is -2.45. The predicted molar refractivity (Wildman–Crippen MR) is 88.3 cm³/mol. The van der Waals surface area contributed by atoms with Crippen molar-refractivity contribution in [2.24, 2.45) is 5.41 Å². The number of benzene rings is 1. The minimum absolute atomic E-state index is 0.535. The summed E-state index contributed by atoms with van der Waals surface area (Å²) in [6.07, 6.45) is 8.16. The zero-order chi connectivity index (χ0) is 14.6. The van der Waals surface area contributed by atoms with Crippen molar-refractivity contribution in [2.45, 2.75) is 72.3 Å². The maximum Gasteiger partial charge on any atom is 0.0164 e. The van der Waals surface area contributed by atoms with E-state index in [-0.39, 0.29) is 0 Å². The first-order chi connectivity index (χ1) is 9.59. The topological polar surface area (TPSA) is 12.0 Å². The molecule has 0 amide bonds. The summed E-state index contributed by atoms with van der Waals surface area (Å²) in [7, 11) is 0. The van der Waals surface area contributed by atoms with Crippen LogP contribution in [0.15, 0.2) is 18.2 Å². The van der Waals surface area contributed by atoms with Crippen molar-refractivity contribution in [2.75, 3.05) is 6.54 Å². The molecule has 0 saturated heterocycles. The maximum atomic E-state index is 3.80. The van der Waals surface area contributed by atoms with Gasteiger partial charge in [0.15, 0.2) is 0 Å². The van der Waals surface area contributed by atoms with Crippen LogP contribution < -0.4 is 5.32 Å². The fourth-order valence-electron chi connectivity index (χ4n) is 4.20. The van der Waals surface area contributed by atoms with Crippen LogP contribution in [0.2, 0.25) is 0 Å². The second kappa shape index (κ2) is 6.76. The number of aryl methyl sites for hydroxylation is 2. The van der Waals surface area contributed by atoms with Crippen LogP contribution in [-0.4, -0.2) is 12.6 Å². The average Bonchev–Trinajstić information content (AvgIpc) is 2.87. The summed E-state index contributed by atoms with van der Waals surface area (Å²) >= 11 is 0. The molecule has 1 aliphatic rings. The molecule has 112 valence electrons. The van der Waals surface area contributed by atoms with Gasteiger partial charge in [-0.25, -0.2) is 0 Å². The highest BCUT2D eigenvalue weighted by atomic mass is 14.9. The van der Waals surface area contributed by atoms with Crippen molar-refractivity contribution in [3.8, 4) is 0 Å². The molecule has 1 fully saturated rings. The van der Waals surface area contributed by atoms with E-state index in [9.17, 15) is 0 Å². The van der Waals surface area contributed by atoms with Crippen LogP contribution in [0.3, 0.4) is 0 Å². The number of hydrogen-bond donors (Lipinski definition) is 1. The van der Waals surface area contributed by atoms with Gasteiger partial charge in [-0.15, -0.1) is 0 Å². The molecule has 20 heavy (non-hydrogen) atoms. The molecular weight excluding hydrogens is 242 g/mol. The van der Waals surface area contributed by atoms with Gasteiger partial charge >= 0.3 is 0 Å². The molecule has 1 aromatic carbocycles. The van der Waals surface area contributed by atoms with Crippen LogP contribution in [0.4, 0.5) is 0 Å². The highest BCUT2D eigenvalue weighted by Gasteiger charge is 2.39. The van der Waals surface area contributed by atoms with E-state index in [1.807, 2.05) is 0 Å². The van der Waals surface area contributed by atoms with E-state index in [0.29, 0.717) is 11.5 Å². The van der Waals surface area contributed by atoms with Gasteiger partial charge in [0.25, 0.3) is 0 Å². The van der Waals surface area contributed by atoms with Gasteiger partial charge in [-0.1, -0.05) is 56.0 Å². The van der Waals surface area contributed by atoms with E-state index in [1.54, 1.807) is 0 Å². The van der Waals surface area contributed by atoms with Gasteiger partial charge in [0.2, 0.25) is 0 Å². The molecule has 1 N–H and O–H groups in total. The predicted octanol–water partition coefficient (Wildman–Crippen LogP) is 4.79. The van der Waals surface area contributed by atoms with Crippen LogP contribution in [0, 0.1) is 19.3 Å². The van der Waals surface area contributed by atoms with Crippen LogP contribution in [0.5, 0.6) is 0 Å². The van der Waals surface area contributed by atoms with Gasteiger partial charge in [0.05, 0.1) is 0 Å². The number of nitrogens with one attached hydrogen (secondary N) is 1. The standard InChI is InChI=1S/C19H31N/c1-5-19(9-7-8-10-19)18(20-6-2)14-17-12-15(3)11-16(4)13-17/h11-13,18,20H,5-10,14H2,1-4H3. The lowest BCUT2D eigenvalue weighted by Gasteiger charge is -2.38. The minimum Gasteiger partial charge on any atom is -0.313 e. The molecule has 0 heterocycles. The molecule has 1 atom stereocenters. The summed E-state index contributed by atoms with van der Waals surface area (Å²) in [4.78, 5) is 0. The Morgan fingerprint density at radius 1 is 1.05 bits per heavy atom. The van der Waals surface area contributed by atoms with Crippen LogP contribution in [0.25, 0.3) is 0 Å². The zero-order valence-corrected chi connectivity index (χ0v) is 13.8. The molecule has 0 bridgehead atoms. The SMILES string of the molecule is CCNC(Cc1cc(C)cc(C)c1)C1(CC)CCCC1. The number of likely N-dealkylation sites (N-methyl/N-ethyl adjacent to an activating group) is 1. The lowest BCUT2D eigenvalue weighted by atomic mass is 9.74. The first kappa shape index (κ1) is 15.6. The van der Waals surface area contributed by atoms with Gasteiger partial charge in [-0.3, -0.25) is 0 Å². The molecule has 1 unspecified atom stereocenters. The van der Waals surface area contributed by atoms with Crippen LogP contribution >= 0.6 is 0 Å². The Morgan fingerprint density at radius 2 is 1.65 bits per heavy atom. The van der Waals surface area contributed by atoms with Crippen molar-refractivity contribution >= 4 is 0 Å². The smallest absolute Gasteiger partial charge is 0.0164 e. The first-order valence-electron chi connectivity index (χ1n) is 8.40. The highest BCUT2D eigenvalue weighted by molar-refractivity contribution is 5.29. The Kier molecular flexibility index (Phi) is 5.26. The van der Waals surface area contributed by atoms with Crippen molar-refractivity contribution in [1.82, 2.24) is 5.32 Å². The second-order valence-corrected chi connectivity index (χ2v) is 6.73. The summed E-state index contributed by atoms with van der Waals surface area (Å²) < 4.78 is 0. The molecule has 0 radical (unpaired) electrons. The third kappa shape index (κ3) is 3.44. The Bertz CT molecular complexity index is 409. The molecule has 0 aromatic heterocycles. The van der Waals surface area contributed by atoms with Crippen molar-refractivity contribution in [3.05, 3.63) is 34.9 Å². The monoisotopic (exact) mass is 273 g/mol. The fraction of sp³-hybridized carbons (Fsp3) is 0.684. The van der Waals surface area contributed by atoms with Crippen LogP contribution in [-0.2, 0) is 6.42 Å². The van der Waals surface area contributed by atoms with E-state index >= 15 is 0 Å². The van der Waals surface area contributed by atoms with E-state index in [2.05, 4.69) is 51.2 Å². The van der Waals surface area contributed by atoms with E-state index < -0.39 is 0 Å². The van der Waals surface area contributed by atoms with E-state index in [1.165, 1.54) is 55.2 Å². The lowest BCUT2D eigenvalue weighted by molar-refractivity contribution is 0.186. The number of hydrogen-bond acceptors (Lipinski definition) is 1. The van der Waals surface area contributed by atoms with Gasteiger partial charge in [0.1, 0.15) is 0 Å². The summed E-state index contributed by atoms with van der Waals surface area (Å²) in [5.74, 6) is 0. The van der Waals surface area contributed by atoms with Crippen molar-refractivity contribution in [3.63, 3.8) is 0 Å². The molecule has 1 aliphatic carbocycles. The normalized spacial score (nSPS) is 19.2. The highest BCUT2D eigenvalue weighted by Crippen LogP contribution is 2.44. The molecule has 1 heteroatoms. The van der Waals surface area contributed by atoms with Gasteiger partial charge in [-0.2, -0.15) is 0 Å². The largest absolute Gasteiger partial charge is 0.313 e. The Hall–Kier alpha value is -0.820. The fourth-order valence-corrected chi connectivity index (χ4v) is 4.20. The molecule has 1 aromatic rings. The zero-order valence-electron chi connectivity index (χ0n) is 13.8. The first-order valence-corrected chi connectivity index (χ1v) is 8.40. The molecule has 1 saturated carbocycles. The molecule has 0 spiro atoms. The summed E-state index contributed by atoms with van der Waals surface area (Å²) in [6, 6.07) is 7.66. The maximum absolute atomic E-state index is 3.80. The van der Waals surface area contributed by atoms with Crippen LogP contribution in [0.1, 0.15) is 62.6 Å². The van der Waals surface area contributed by atoms with Crippen molar-refractivity contribution < 1.29 is 0 Å². The van der Waals surface area contributed by atoms with E-state index in [4.69, 9.17) is 0 Å². The molecule has 1 nitrogen and oxygen atoms in total. The van der Waals surface area contributed by atoms with Gasteiger partial charge in [-0.05, 0) is 57.1 Å². The summed E-state index contributed by atoms with van der Waals surface area (Å²) in [5, 5.41) is 3.80. The average molecular weight is 273 g/mol. The molecular formula is C19H31N. The summed E-state index contributed by atoms with van der Waals surface area (Å²) in [5.41, 5.74) is 4.83. The van der Waals surface area contributed by atoms with E-state index in [0.717, 1.165) is 6.54 Å². The third-order valence-corrected chi connectivity index (χ3v) is 5.21. The summed E-state index contributed by atoms with van der Waals surface area (Å²) in [6.45, 7) is 10.1. The number of rotatable bonds is 6. The molecule has 0 aliphatic heterocycles. The van der Waals surface area contributed by atoms with Gasteiger partial charge in [0, 0.05) is 6.04 Å². The van der Waals surface area contributed by atoms with Crippen molar-refractivity contribution in [1.29, 1.82) is 0 Å². The minimum atomic E-state index is 0.535. The van der Waals surface area contributed by atoms with Gasteiger partial charge < -0.3 is 5.32 Å². The second-order valence-electron chi connectivity index (χ2n) is 6.73. The molecule has 2 rings (SSSR count). The quantitative estimate of drug-likeness (QED) is 0.785. The Morgan fingerprint density at radius 3 is 2.15 bits per heavy atom.